The fourth-order valence-electron chi connectivity index (χ4n) is 2.77. The highest BCUT2D eigenvalue weighted by atomic mass is 14.6. The van der Waals surface area contributed by atoms with Gasteiger partial charge in [0, 0.05) is 6.04 Å². The Bertz CT molecular complexity index is 187. The van der Waals surface area contributed by atoms with Crippen molar-refractivity contribution in [1.29, 1.82) is 0 Å². The lowest BCUT2D eigenvalue weighted by molar-refractivity contribution is 0.518. The van der Waals surface area contributed by atoms with E-state index in [2.05, 4.69) is 6.08 Å². The summed E-state index contributed by atoms with van der Waals surface area (Å²) in [6, 6.07) is 0.373. The van der Waals surface area contributed by atoms with Crippen LogP contribution in [0.15, 0.2) is 11.6 Å². The van der Waals surface area contributed by atoms with Crippen LogP contribution >= 0.6 is 0 Å². The molecule has 0 aromatic carbocycles. The van der Waals surface area contributed by atoms with Gasteiger partial charge in [-0.2, -0.15) is 0 Å². The lowest BCUT2D eigenvalue weighted by atomic mass is 9.91. The van der Waals surface area contributed by atoms with Crippen molar-refractivity contribution in [2.45, 2.75) is 57.4 Å². The van der Waals surface area contributed by atoms with Crippen molar-refractivity contribution < 1.29 is 0 Å². The Hall–Kier alpha value is -0.300. The first-order valence-corrected chi connectivity index (χ1v) is 5.82. The predicted molar refractivity (Wildman–Crippen MR) is 56.5 cm³/mol. The molecule has 1 heteroatoms. The second-order valence-corrected chi connectivity index (χ2v) is 4.63. The van der Waals surface area contributed by atoms with E-state index in [0.29, 0.717) is 6.04 Å². The van der Waals surface area contributed by atoms with Crippen LogP contribution in [0.1, 0.15) is 51.4 Å². The minimum atomic E-state index is 0.373. The number of rotatable bonds is 1. The molecule has 1 atom stereocenters. The summed E-state index contributed by atoms with van der Waals surface area (Å²) in [6.45, 7) is 0. The quantitative estimate of drug-likeness (QED) is 0.486. The van der Waals surface area contributed by atoms with Gasteiger partial charge in [0.25, 0.3) is 0 Å². The van der Waals surface area contributed by atoms with Crippen molar-refractivity contribution in [3.8, 4) is 0 Å². The number of nitrogens with two attached hydrogens (primary N) is 1. The van der Waals surface area contributed by atoms with Crippen LogP contribution in [0.2, 0.25) is 0 Å². The fraction of sp³-hybridized carbons (Fsp3) is 0.833. The van der Waals surface area contributed by atoms with Crippen LogP contribution in [0.25, 0.3) is 0 Å². The molecule has 1 unspecified atom stereocenters. The molecule has 0 spiro atoms. The third-order valence-corrected chi connectivity index (χ3v) is 3.57. The van der Waals surface area contributed by atoms with Gasteiger partial charge in [-0.25, -0.2) is 0 Å². The highest BCUT2D eigenvalue weighted by Crippen LogP contribution is 2.34. The Morgan fingerprint density at radius 1 is 1.00 bits per heavy atom. The zero-order valence-electron chi connectivity index (χ0n) is 8.47. The van der Waals surface area contributed by atoms with E-state index in [1.54, 1.807) is 5.57 Å². The molecule has 0 aliphatic heterocycles. The molecule has 0 heterocycles. The van der Waals surface area contributed by atoms with Gasteiger partial charge in [-0.05, 0) is 31.6 Å². The normalized spacial score (nSPS) is 31.5. The molecule has 2 N–H and O–H groups in total. The summed E-state index contributed by atoms with van der Waals surface area (Å²) in [4.78, 5) is 0. The minimum absolute atomic E-state index is 0.373. The van der Waals surface area contributed by atoms with Gasteiger partial charge in [0.2, 0.25) is 0 Å². The van der Waals surface area contributed by atoms with Gasteiger partial charge in [0.05, 0.1) is 0 Å². The molecule has 1 nitrogen and oxygen atoms in total. The molecule has 13 heavy (non-hydrogen) atoms. The molecule has 1 fully saturated rings. The molecule has 1 saturated carbocycles. The second-order valence-electron chi connectivity index (χ2n) is 4.63. The molecular weight excluding hydrogens is 158 g/mol. The van der Waals surface area contributed by atoms with E-state index in [9.17, 15) is 0 Å². The van der Waals surface area contributed by atoms with Crippen LogP contribution in [0.5, 0.6) is 0 Å². The van der Waals surface area contributed by atoms with Gasteiger partial charge in [-0.15, -0.1) is 0 Å². The Balaban J connectivity index is 1.94. The van der Waals surface area contributed by atoms with E-state index in [0.717, 1.165) is 5.92 Å². The van der Waals surface area contributed by atoms with E-state index < -0.39 is 0 Å². The van der Waals surface area contributed by atoms with E-state index in [-0.39, 0.29) is 0 Å². The van der Waals surface area contributed by atoms with Crippen LogP contribution in [0, 0.1) is 5.92 Å². The summed E-state index contributed by atoms with van der Waals surface area (Å²) >= 11 is 0. The summed E-state index contributed by atoms with van der Waals surface area (Å²) < 4.78 is 0. The lowest BCUT2D eigenvalue weighted by Crippen LogP contribution is -2.12. The second kappa shape index (κ2) is 4.28. The molecule has 2 aliphatic carbocycles. The SMILES string of the molecule is NC1C=C(C2CCCCCC2)CC1. The number of hydrogen-bond donors (Lipinski definition) is 1. The first kappa shape index (κ1) is 9.26. The summed E-state index contributed by atoms with van der Waals surface area (Å²) in [7, 11) is 0. The third-order valence-electron chi connectivity index (χ3n) is 3.57. The molecule has 0 aromatic heterocycles. The van der Waals surface area contributed by atoms with Gasteiger partial charge >= 0.3 is 0 Å². The van der Waals surface area contributed by atoms with E-state index in [4.69, 9.17) is 5.73 Å². The van der Waals surface area contributed by atoms with E-state index in [1.165, 1.54) is 51.4 Å². The summed E-state index contributed by atoms with van der Waals surface area (Å²) in [6.07, 6.45) is 13.5. The maximum atomic E-state index is 5.89. The maximum Gasteiger partial charge on any atom is 0.0229 e. The zero-order chi connectivity index (χ0) is 9.10. The molecule has 2 aliphatic rings. The van der Waals surface area contributed by atoms with Crippen LogP contribution in [-0.4, -0.2) is 6.04 Å². The highest BCUT2D eigenvalue weighted by molar-refractivity contribution is 5.16. The van der Waals surface area contributed by atoms with Crippen molar-refractivity contribution in [2.75, 3.05) is 0 Å². The Kier molecular flexibility index (Phi) is 3.05. The fourth-order valence-corrected chi connectivity index (χ4v) is 2.77. The van der Waals surface area contributed by atoms with Crippen LogP contribution in [-0.2, 0) is 0 Å². The monoisotopic (exact) mass is 179 g/mol. The molecular formula is C12H21N. The average Bonchev–Trinajstić information content (AvgIpc) is 2.43. The smallest absolute Gasteiger partial charge is 0.0229 e. The topological polar surface area (TPSA) is 26.0 Å². The van der Waals surface area contributed by atoms with Gasteiger partial charge in [0.1, 0.15) is 0 Å². The van der Waals surface area contributed by atoms with Crippen LogP contribution < -0.4 is 5.73 Å². The van der Waals surface area contributed by atoms with E-state index in [1.807, 2.05) is 0 Å². The maximum absolute atomic E-state index is 5.89. The minimum Gasteiger partial charge on any atom is -0.324 e. The highest BCUT2D eigenvalue weighted by Gasteiger charge is 2.21. The standard InChI is InChI=1S/C12H21N/c13-12-8-7-11(9-12)10-5-3-1-2-4-6-10/h9-10,12H,1-8,13H2. The Labute approximate surface area is 81.4 Å². The van der Waals surface area contributed by atoms with Crippen molar-refractivity contribution in [3.63, 3.8) is 0 Å². The summed E-state index contributed by atoms with van der Waals surface area (Å²) in [5.41, 5.74) is 7.58. The van der Waals surface area contributed by atoms with Gasteiger partial charge in [-0.3, -0.25) is 0 Å². The zero-order valence-corrected chi connectivity index (χ0v) is 8.47. The van der Waals surface area contributed by atoms with Crippen molar-refractivity contribution >= 4 is 0 Å². The molecule has 0 radical (unpaired) electrons. The molecule has 0 bridgehead atoms. The number of hydrogen-bond acceptors (Lipinski definition) is 1. The van der Waals surface area contributed by atoms with Crippen molar-refractivity contribution in [3.05, 3.63) is 11.6 Å². The van der Waals surface area contributed by atoms with Crippen molar-refractivity contribution in [1.82, 2.24) is 0 Å². The van der Waals surface area contributed by atoms with Gasteiger partial charge in [-0.1, -0.05) is 37.3 Å². The van der Waals surface area contributed by atoms with E-state index >= 15 is 0 Å². The number of allylic oxidation sites excluding steroid dienone is 1. The summed E-state index contributed by atoms with van der Waals surface area (Å²) in [5, 5.41) is 0. The van der Waals surface area contributed by atoms with Gasteiger partial charge in [0.15, 0.2) is 0 Å². The summed E-state index contributed by atoms with van der Waals surface area (Å²) in [5.74, 6) is 0.899. The molecule has 0 saturated heterocycles. The third kappa shape index (κ3) is 2.34. The lowest BCUT2D eigenvalue weighted by Gasteiger charge is -2.14. The first-order chi connectivity index (χ1) is 6.36. The van der Waals surface area contributed by atoms with Crippen LogP contribution in [0.4, 0.5) is 0 Å². The molecule has 2 rings (SSSR count). The molecule has 0 amide bonds. The largest absolute Gasteiger partial charge is 0.324 e. The van der Waals surface area contributed by atoms with Crippen molar-refractivity contribution in [2.24, 2.45) is 11.7 Å². The Morgan fingerprint density at radius 2 is 1.69 bits per heavy atom. The Morgan fingerprint density at radius 3 is 2.23 bits per heavy atom. The van der Waals surface area contributed by atoms with Gasteiger partial charge < -0.3 is 5.73 Å². The predicted octanol–water partition coefficient (Wildman–Crippen LogP) is 3.00. The first-order valence-electron chi connectivity index (χ1n) is 5.82. The molecule has 0 aromatic rings. The van der Waals surface area contributed by atoms with Crippen LogP contribution in [0.3, 0.4) is 0 Å². The average molecular weight is 179 g/mol. The molecule has 74 valence electrons.